The van der Waals surface area contributed by atoms with Crippen LogP contribution in [0.25, 0.3) is 10.9 Å². The first-order valence-electron chi connectivity index (χ1n) is 5.89. The van der Waals surface area contributed by atoms with Crippen molar-refractivity contribution in [1.29, 1.82) is 0 Å². The minimum Gasteiger partial charge on any atom is -0.465 e. The maximum Gasteiger partial charge on any atom is 0.340 e. The van der Waals surface area contributed by atoms with Crippen LogP contribution < -0.4 is 0 Å². The summed E-state index contributed by atoms with van der Waals surface area (Å²) in [6.07, 6.45) is 1.25. The highest BCUT2D eigenvalue weighted by Crippen LogP contribution is 2.25. The lowest BCUT2D eigenvalue weighted by atomic mass is 10.1. The van der Waals surface area contributed by atoms with E-state index in [0.29, 0.717) is 17.6 Å². The zero-order valence-corrected chi connectivity index (χ0v) is 13.0. The molecule has 0 saturated carbocycles. The zero-order chi connectivity index (χ0) is 14.7. The Balaban J connectivity index is 2.54. The van der Waals surface area contributed by atoms with E-state index in [-0.39, 0.29) is 0 Å². The van der Waals surface area contributed by atoms with Crippen molar-refractivity contribution in [3.63, 3.8) is 0 Å². The van der Waals surface area contributed by atoms with Gasteiger partial charge < -0.3 is 14.2 Å². The van der Waals surface area contributed by atoms with Gasteiger partial charge in [-0.15, -0.1) is 0 Å². The van der Waals surface area contributed by atoms with Crippen molar-refractivity contribution in [2.75, 3.05) is 21.3 Å². The standard InChI is InChI=1S/C13H15BrN2O4/c1-18-11(19-2)7-16-12-8(6-15-16)4-9(14)5-10(12)13(17)20-3/h4-6,11H,7H2,1-3H3. The summed E-state index contributed by atoms with van der Waals surface area (Å²) in [4.78, 5) is 11.9. The van der Waals surface area contributed by atoms with Gasteiger partial charge in [0, 0.05) is 24.1 Å². The molecule has 0 aliphatic carbocycles. The molecule has 2 aromatic rings. The summed E-state index contributed by atoms with van der Waals surface area (Å²) in [7, 11) is 4.46. The van der Waals surface area contributed by atoms with Crippen LogP contribution in [0.15, 0.2) is 22.8 Å². The summed E-state index contributed by atoms with van der Waals surface area (Å²) in [6.45, 7) is 0.377. The monoisotopic (exact) mass is 342 g/mol. The molecular formula is C13H15BrN2O4. The minimum absolute atomic E-state index is 0.377. The number of rotatable bonds is 5. The molecule has 2 rings (SSSR count). The number of carbonyl (C=O) groups is 1. The molecule has 0 atom stereocenters. The number of hydrogen-bond acceptors (Lipinski definition) is 5. The summed E-state index contributed by atoms with van der Waals surface area (Å²) in [5.41, 5.74) is 1.14. The molecule has 1 aromatic carbocycles. The second kappa shape index (κ2) is 6.34. The Morgan fingerprint density at radius 1 is 1.35 bits per heavy atom. The van der Waals surface area contributed by atoms with Crippen LogP contribution in [0.4, 0.5) is 0 Å². The third-order valence-corrected chi connectivity index (χ3v) is 3.41. The second-order valence-corrected chi connectivity index (χ2v) is 5.03. The van der Waals surface area contributed by atoms with Crippen molar-refractivity contribution in [3.8, 4) is 0 Å². The van der Waals surface area contributed by atoms with E-state index in [4.69, 9.17) is 14.2 Å². The van der Waals surface area contributed by atoms with Crippen LogP contribution in [0.2, 0.25) is 0 Å². The molecule has 0 fully saturated rings. The fourth-order valence-electron chi connectivity index (χ4n) is 1.99. The number of hydrogen-bond donors (Lipinski definition) is 0. The van der Waals surface area contributed by atoms with E-state index in [2.05, 4.69) is 21.0 Å². The van der Waals surface area contributed by atoms with Gasteiger partial charge in [0.25, 0.3) is 0 Å². The third-order valence-electron chi connectivity index (χ3n) is 2.95. The van der Waals surface area contributed by atoms with Crippen molar-refractivity contribution in [2.45, 2.75) is 12.8 Å². The Morgan fingerprint density at radius 2 is 2.05 bits per heavy atom. The van der Waals surface area contributed by atoms with Gasteiger partial charge in [0.2, 0.25) is 0 Å². The Hall–Kier alpha value is -1.44. The van der Waals surface area contributed by atoms with Gasteiger partial charge in [-0.05, 0) is 12.1 Å². The molecule has 6 nitrogen and oxygen atoms in total. The Bertz CT molecular complexity index is 622. The molecule has 0 N–H and O–H groups in total. The van der Waals surface area contributed by atoms with Crippen LogP contribution in [0.3, 0.4) is 0 Å². The maximum atomic E-state index is 11.9. The van der Waals surface area contributed by atoms with E-state index in [1.165, 1.54) is 7.11 Å². The molecule has 0 bridgehead atoms. The van der Waals surface area contributed by atoms with Crippen LogP contribution in [0.5, 0.6) is 0 Å². The van der Waals surface area contributed by atoms with Crippen molar-refractivity contribution in [1.82, 2.24) is 9.78 Å². The summed E-state index contributed by atoms with van der Waals surface area (Å²) in [6, 6.07) is 3.60. The third kappa shape index (κ3) is 2.84. The van der Waals surface area contributed by atoms with Gasteiger partial charge in [0.05, 0.1) is 30.9 Å². The number of aromatic nitrogens is 2. The van der Waals surface area contributed by atoms with E-state index >= 15 is 0 Å². The molecule has 0 amide bonds. The topological polar surface area (TPSA) is 62.6 Å². The number of esters is 1. The van der Waals surface area contributed by atoms with Crippen LogP contribution in [0.1, 0.15) is 10.4 Å². The van der Waals surface area contributed by atoms with Gasteiger partial charge >= 0.3 is 5.97 Å². The smallest absolute Gasteiger partial charge is 0.340 e. The highest BCUT2D eigenvalue weighted by molar-refractivity contribution is 9.10. The number of halogens is 1. The number of ether oxygens (including phenoxy) is 3. The van der Waals surface area contributed by atoms with Crippen LogP contribution in [-0.2, 0) is 20.8 Å². The predicted octanol–water partition coefficient (Wildman–Crippen LogP) is 2.20. The molecule has 0 spiro atoms. The van der Waals surface area contributed by atoms with Crippen molar-refractivity contribution >= 4 is 32.8 Å². The number of nitrogens with zero attached hydrogens (tertiary/aromatic N) is 2. The van der Waals surface area contributed by atoms with E-state index in [1.54, 1.807) is 31.2 Å². The van der Waals surface area contributed by atoms with Crippen LogP contribution in [-0.4, -0.2) is 43.4 Å². The molecule has 0 aliphatic heterocycles. The molecule has 1 heterocycles. The number of fused-ring (bicyclic) bond motifs is 1. The lowest BCUT2D eigenvalue weighted by Crippen LogP contribution is -2.21. The minimum atomic E-state index is -0.438. The Morgan fingerprint density at radius 3 is 2.65 bits per heavy atom. The van der Waals surface area contributed by atoms with E-state index < -0.39 is 12.3 Å². The largest absolute Gasteiger partial charge is 0.465 e. The molecule has 1 aromatic heterocycles. The SMILES string of the molecule is COC(=O)c1cc(Br)cc2cnn(CC(OC)OC)c12. The zero-order valence-electron chi connectivity index (χ0n) is 11.4. The second-order valence-electron chi connectivity index (χ2n) is 4.11. The summed E-state index contributed by atoms with van der Waals surface area (Å²) in [5.74, 6) is -0.413. The molecule has 0 saturated heterocycles. The van der Waals surface area contributed by atoms with Gasteiger partial charge in [-0.25, -0.2) is 4.79 Å². The normalized spacial score (nSPS) is 11.2. The quantitative estimate of drug-likeness (QED) is 0.615. The summed E-state index contributed by atoms with van der Waals surface area (Å²) < 4.78 is 17.6. The molecule has 0 aliphatic rings. The first-order valence-corrected chi connectivity index (χ1v) is 6.69. The highest BCUT2D eigenvalue weighted by Gasteiger charge is 2.18. The predicted molar refractivity (Wildman–Crippen MR) is 76.6 cm³/mol. The van der Waals surface area contributed by atoms with Gasteiger partial charge in [0.1, 0.15) is 0 Å². The number of benzene rings is 1. The first-order chi connectivity index (χ1) is 9.60. The average molecular weight is 343 g/mol. The van der Waals surface area contributed by atoms with Gasteiger partial charge in [-0.3, -0.25) is 4.68 Å². The lowest BCUT2D eigenvalue weighted by molar-refractivity contribution is -0.111. The van der Waals surface area contributed by atoms with Crippen molar-refractivity contribution < 1.29 is 19.0 Å². The van der Waals surface area contributed by atoms with Crippen LogP contribution in [0, 0.1) is 0 Å². The fraction of sp³-hybridized carbons (Fsp3) is 0.385. The van der Waals surface area contributed by atoms with Gasteiger partial charge in [-0.1, -0.05) is 15.9 Å². The number of methoxy groups -OCH3 is 3. The van der Waals surface area contributed by atoms with Gasteiger partial charge in [-0.2, -0.15) is 5.10 Å². The summed E-state index contributed by atoms with van der Waals surface area (Å²) in [5, 5.41) is 5.12. The Labute approximate surface area is 124 Å². The van der Waals surface area contributed by atoms with E-state index in [0.717, 1.165) is 9.86 Å². The highest BCUT2D eigenvalue weighted by atomic mass is 79.9. The van der Waals surface area contributed by atoms with E-state index in [9.17, 15) is 4.79 Å². The molecule has 0 radical (unpaired) electrons. The molecule has 0 unspecified atom stereocenters. The molecular weight excluding hydrogens is 328 g/mol. The first kappa shape index (κ1) is 15.0. The fourth-order valence-corrected chi connectivity index (χ4v) is 2.46. The number of carbonyl (C=O) groups excluding carboxylic acids is 1. The maximum absolute atomic E-state index is 11.9. The van der Waals surface area contributed by atoms with Crippen molar-refractivity contribution in [3.05, 3.63) is 28.4 Å². The Kier molecular flexibility index (Phi) is 4.74. The van der Waals surface area contributed by atoms with Crippen LogP contribution >= 0.6 is 15.9 Å². The van der Waals surface area contributed by atoms with Gasteiger partial charge in [0.15, 0.2) is 6.29 Å². The molecule has 7 heteroatoms. The van der Waals surface area contributed by atoms with E-state index in [1.807, 2.05) is 6.07 Å². The van der Waals surface area contributed by atoms with Crippen molar-refractivity contribution in [2.24, 2.45) is 0 Å². The average Bonchev–Trinajstić information content (AvgIpc) is 2.85. The summed E-state index contributed by atoms with van der Waals surface area (Å²) >= 11 is 3.37. The molecule has 20 heavy (non-hydrogen) atoms. The molecule has 108 valence electrons. The lowest BCUT2D eigenvalue weighted by Gasteiger charge is -2.14.